The van der Waals surface area contributed by atoms with Crippen LogP contribution >= 0.6 is 0 Å². The zero-order valence-corrected chi connectivity index (χ0v) is 15.4. The number of aryl methyl sites for hydroxylation is 2. The molecule has 3 rings (SSSR count). The topological polar surface area (TPSA) is 87.1 Å². The maximum atomic E-state index is 13.9. The van der Waals surface area contributed by atoms with Crippen molar-refractivity contribution >= 4 is 16.9 Å². The molecule has 0 bridgehead atoms. The molecule has 0 spiro atoms. The summed E-state index contributed by atoms with van der Waals surface area (Å²) in [7, 11) is 0. The Hall–Kier alpha value is -2.97. The average molecular weight is 377 g/mol. The fourth-order valence-electron chi connectivity index (χ4n) is 3.03. The van der Waals surface area contributed by atoms with Crippen LogP contribution in [0, 0.1) is 25.5 Å². The predicted molar refractivity (Wildman–Crippen MR) is 95.2 cm³/mol. The molecule has 144 valence electrons. The van der Waals surface area contributed by atoms with Crippen molar-refractivity contribution in [1.82, 2.24) is 25.3 Å². The number of nitrogens with one attached hydrogen (secondary N) is 2. The number of halogens is 2. The Balaban J connectivity index is 1.64. The number of H-pyrrole nitrogens is 1. The molecule has 0 atom stereocenters. The smallest absolute Gasteiger partial charge is 0.317 e. The van der Waals surface area contributed by atoms with E-state index in [1.807, 2.05) is 6.92 Å². The Morgan fingerprint density at radius 2 is 2.11 bits per heavy atom. The number of aromatic amines is 1. The SMILES string of the molecule is CCN(Cc1nc(C)no1)C(=O)NCCc1c(C)[nH]c2c(F)cc(F)cc12. The van der Waals surface area contributed by atoms with Crippen LogP contribution in [0.2, 0.25) is 0 Å². The quantitative estimate of drug-likeness (QED) is 0.691. The van der Waals surface area contributed by atoms with Crippen LogP contribution in [0.4, 0.5) is 13.6 Å². The Morgan fingerprint density at radius 3 is 2.78 bits per heavy atom. The fraction of sp³-hybridized carbons (Fsp3) is 0.389. The molecule has 0 saturated heterocycles. The highest BCUT2D eigenvalue weighted by atomic mass is 19.1. The van der Waals surface area contributed by atoms with Gasteiger partial charge in [-0.3, -0.25) is 0 Å². The molecule has 2 N–H and O–H groups in total. The number of rotatable bonds is 6. The summed E-state index contributed by atoms with van der Waals surface area (Å²) in [5.41, 5.74) is 1.80. The summed E-state index contributed by atoms with van der Waals surface area (Å²) in [6.07, 6.45) is 0.442. The molecule has 3 aromatic rings. The first-order valence-corrected chi connectivity index (χ1v) is 8.67. The molecule has 7 nitrogen and oxygen atoms in total. The Kier molecular flexibility index (Phi) is 5.38. The summed E-state index contributed by atoms with van der Waals surface area (Å²) in [5.74, 6) is -0.384. The second-order valence-electron chi connectivity index (χ2n) is 6.27. The summed E-state index contributed by atoms with van der Waals surface area (Å²) in [6.45, 7) is 6.35. The Bertz CT molecular complexity index is 966. The van der Waals surface area contributed by atoms with Crippen LogP contribution < -0.4 is 5.32 Å². The number of hydrogen-bond acceptors (Lipinski definition) is 4. The molecule has 0 aliphatic rings. The van der Waals surface area contributed by atoms with E-state index in [1.165, 1.54) is 11.0 Å². The van der Waals surface area contributed by atoms with E-state index in [4.69, 9.17) is 4.52 Å². The van der Waals surface area contributed by atoms with Gasteiger partial charge < -0.3 is 19.7 Å². The molecule has 0 radical (unpaired) electrons. The molecule has 0 saturated carbocycles. The second-order valence-corrected chi connectivity index (χ2v) is 6.27. The number of carbonyl (C=O) groups excluding carboxylic acids is 1. The highest BCUT2D eigenvalue weighted by Crippen LogP contribution is 2.25. The zero-order chi connectivity index (χ0) is 19.6. The lowest BCUT2D eigenvalue weighted by molar-refractivity contribution is 0.190. The van der Waals surface area contributed by atoms with Gasteiger partial charge in [-0.1, -0.05) is 5.16 Å². The van der Waals surface area contributed by atoms with Crippen molar-refractivity contribution in [2.75, 3.05) is 13.1 Å². The van der Waals surface area contributed by atoms with Crippen molar-refractivity contribution in [1.29, 1.82) is 0 Å². The van der Waals surface area contributed by atoms with Gasteiger partial charge in [0.2, 0.25) is 5.89 Å². The Morgan fingerprint density at radius 1 is 1.33 bits per heavy atom. The van der Waals surface area contributed by atoms with Gasteiger partial charge in [-0.2, -0.15) is 4.98 Å². The second kappa shape index (κ2) is 7.73. The summed E-state index contributed by atoms with van der Waals surface area (Å²) < 4.78 is 32.5. The van der Waals surface area contributed by atoms with E-state index in [1.54, 1.807) is 13.8 Å². The Labute approximate surface area is 154 Å². The average Bonchev–Trinajstić information content (AvgIpc) is 3.16. The largest absolute Gasteiger partial charge is 0.356 e. The van der Waals surface area contributed by atoms with Crippen molar-refractivity contribution in [2.24, 2.45) is 0 Å². The van der Waals surface area contributed by atoms with Gasteiger partial charge in [0.05, 0.1) is 5.52 Å². The molecule has 2 amide bonds. The van der Waals surface area contributed by atoms with Gasteiger partial charge in [-0.25, -0.2) is 13.6 Å². The van der Waals surface area contributed by atoms with Gasteiger partial charge in [0, 0.05) is 30.2 Å². The van der Waals surface area contributed by atoms with Crippen LogP contribution in [0.3, 0.4) is 0 Å². The number of aromatic nitrogens is 3. The number of nitrogens with zero attached hydrogens (tertiary/aromatic N) is 3. The van der Waals surface area contributed by atoms with Crippen LogP contribution in [0.1, 0.15) is 29.9 Å². The van der Waals surface area contributed by atoms with E-state index in [2.05, 4.69) is 20.4 Å². The first-order valence-electron chi connectivity index (χ1n) is 8.67. The lowest BCUT2D eigenvalue weighted by Crippen LogP contribution is -2.40. The summed E-state index contributed by atoms with van der Waals surface area (Å²) in [5, 5.41) is 7.01. The highest BCUT2D eigenvalue weighted by molar-refractivity contribution is 5.85. The number of urea groups is 1. The summed E-state index contributed by atoms with van der Waals surface area (Å²) >= 11 is 0. The lowest BCUT2D eigenvalue weighted by atomic mass is 10.1. The lowest BCUT2D eigenvalue weighted by Gasteiger charge is -2.19. The van der Waals surface area contributed by atoms with E-state index < -0.39 is 11.6 Å². The van der Waals surface area contributed by atoms with Crippen molar-refractivity contribution in [3.63, 3.8) is 0 Å². The van der Waals surface area contributed by atoms with Gasteiger partial charge in [0.1, 0.15) is 18.2 Å². The summed E-state index contributed by atoms with van der Waals surface area (Å²) in [6, 6.07) is 1.88. The van der Waals surface area contributed by atoms with Crippen molar-refractivity contribution in [3.05, 3.63) is 46.7 Å². The molecule has 0 aliphatic heterocycles. The van der Waals surface area contributed by atoms with Gasteiger partial charge >= 0.3 is 6.03 Å². The molecule has 0 fully saturated rings. The maximum Gasteiger partial charge on any atom is 0.317 e. The minimum absolute atomic E-state index is 0.214. The van der Waals surface area contributed by atoms with E-state index in [0.717, 1.165) is 17.3 Å². The monoisotopic (exact) mass is 377 g/mol. The van der Waals surface area contributed by atoms with Gasteiger partial charge in [0.15, 0.2) is 5.82 Å². The predicted octanol–water partition coefficient (Wildman–Crippen LogP) is 3.22. The number of fused-ring (bicyclic) bond motifs is 1. The first-order chi connectivity index (χ1) is 12.9. The normalized spacial score (nSPS) is 11.1. The van der Waals surface area contributed by atoms with Crippen LogP contribution in [0.5, 0.6) is 0 Å². The van der Waals surface area contributed by atoms with Crippen molar-refractivity contribution in [3.8, 4) is 0 Å². The fourth-order valence-corrected chi connectivity index (χ4v) is 3.03. The third kappa shape index (κ3) is 4.07. The van der Waals surface area contributed by atoms with E-state index in [9.17, 15) is 13.6 Å². The maximum absolute atomic E-state index is 13.9. The number of hydrogen-bond donors (Lipinski definition) is 2. The van der Waals surface area contributed by atoms with Crippen LogP contribution in [-0.2, 0) is 13.0 Å². The molecular weight excluding hydrogens is 356 g/mol. The minimum Gasteiger partial charge on any atom is -0.356 e. The molecule has 27 heavy (non-hydrogen) atoms. The molecule has 2 aromatic heterocycles. The van der Waals surface area contributed by atoms with Gasteiger partial charge in [0.25, 0.3) is 0 Å². The molecular formula is C18H21F2N5O2. The molecule has 2 heterocycles. The minimum atomic E-state index is -0.629. The van der Waals surface area contributed by atoms with Crippen LogP contribution in [0.25, 0.3) is 10.9 Å². The standard InChI is InChI=1S/C18H21F2N5O2/c1-4-25(9-16-23-11(3)24-27-16)18(26)21-6-5-13-10(2)22-17-14(13)7-12(19)8-15(17)20/h7-8,22H,4-6,9H2,1-3H3,(H,21,26). The van der Waals surface area contributed by atoms with Crippen LogP contribution in [0.15, 0.2) is 16.7 Å². The third-order valence-corrected chi connectivity index (χ3v) is 4.36. The zero-order valence-electron chi connectivity index (χ0n) is 15.4. The molecule has 1 aromatic carbocycles. The van der Waals surface area contributed by atoms with Crippen LogP contribution in [-0.4, -0.2) is 39.1 Å². The number of carbonyl (C=O) groups is 1. The van der Waals surface area contributed by atoms with E-state index >= 15 is 0 Å². The summed E-state index contributed by atoms with van der Waals surface area (Å²) in [4.78, 5) is 20.9. The van der Waals surface area contributed by atoms with E-state index in [0.29, 0.717) is 36.6 Å². The molecule has 9 heteroatoms. The first kappa shape index (κ1) is 18.8. The number of amides is 2. The molecule has 0 aliphatic carbocycles. The van der Waals surface area contributed by atoms with Crippen molar-refractivity contribution < 1.29 is 18.1 Å². The highest BCUT2D eigenvalue weighted by Gasteiger charge is 2.17. The number of benzene rings is 1. The van der Waals surface area contributed by atoms with E-state index in [-0.39, 0.29) is 18.1 Å². The van der Waals surface area contributed by atoms with Crippen molar-refractivity contribution in [2.45, 2.75) is 33.7 Å². The van der Waals surface area contributed by atoms with Gasteiger partial charge in [-0.15, -0.1) is 0 Å². The van der Waals surface area contributed by atoms with Gasteiger partial charge in [-0.05, 0) is 38.8 Å². The molecule has 0 unspecified atom stereocenters. The third-order valence-electron chi connectivity index (χ3n) is 4.36.